The van der Waals surface area contributed by atoms with E-state index in [1.165, 1.54) is 25.7 Å². The van der Waals surface area contributed by atoms with Crippen molar-refractivity contribution in [2.75, 3.05) is 0 Å². The van der Waals surface area contributed by atoms with Gasteiger partial charge in [0, 0.05) is 0 Å². The Morgan fingerprint density at radius 1 is 0.875 bits per heavy atom. The van der Waals surface area contributed by atoms with E-state index in [-0.39, 0.29) is 24.8 Å². The van der Waals surface area contributed by atoms with Crippen molar-refractivity contribution in [3.8, 4) is 0 Å². The van der Waals surface area contributed by atoms with Crippen molar-refractivity contribution in [1.29, 1.82) is 0 Å². The maximum Gasteiger partial charge on any atom is -1.00 e. The van der Waals surface area contributed by atoms with E-state index in [2.05, 4.69) is 38.2 Å². The molecular formula is C13H23Cl2Hf. The second kappa shape index (κ2) is 12.4. The van der Waals surface area contributed by atoms with Crippen molar-refractivity contribution in [2.24, 2.45) is 0 Å². The van der Waals surface area contributed by atoms with Crippen LogP contribution in [0.5, 0.6) is 0 Å². The number of unbranched alkanes of at least 4 members (excludes halogenated alkanes) is 2. The third-order valence-corrected chi connectivity index (χ3v) is 14.8. The van der Waals surface area contributed by atoms with Crippen LogP contribution in [-0.4, -0.2) is 0 Å². The second-order valence-electron chi connectivity index (χ2n) is 4.16. The molecule has 0 bridgehead atoms. The van der Waals surface area contributed by atoms with E-state index in [4.69, 9.17) is 0 Å². The second-order valence-corrected chi connectivity index (χ2v) is 14.9. The normalized spacial score (nSPS) is 13.4. The molecule has 0 fully saturated rings. The Morgan fingerprint density at radius 2 is 1.31 bits per heavy atom. The van der Waals surface area contributed by atoms with E-state index in [0.29, 0.717) is 0 Å². The Kier molecular flexibility index (Phi) is 14.9. The van der Waals surface area contributed by atoms with Crippen LogP contribution in [0.3, 0.4) is 0 Å². The smallest absolute Gasteiger partial charge is 1.00 e. The molecule has 0 heterocycles. The third kappa shape index (κ3) is 7.29. The molecule has 0 nitrogen and oxygen atoms in total. The fourth-order valence-corrected chi connectivity index (χ4v) is 13.8. The van der Waals surface area contributed by atoms with Gasteiger partial charge in [0.2, 0.25) is 0 Å². The standard InChI is InChI=1S/C5H5.2C4H9.2ClH.Hf/c1-2-4-5-3-1;2*1-3-4-2;;;/h1-5H;2*1,3-4H2,2H3;2*1H;/q;;;;;+2/p-2. The first-order chi connectivity index (χ1) is 6.88. The first-order valence-corrected chi connectivity index (χ1v) is 13.2. The van der Waals surface area contributed by atoms with Gasteiger partial charge in [-0.05, 0) is 0 Å². The molecule has 0 aromatic rings. The zero-order chi connectivity index (χ0) is 10.2. The van der Waals surface area contributed by atoms with Gasteiger partial charge in [0.05, 0.1) is 0 Å². The van der Waals surface area contributed by atoms with E-state index in [1.807, 2.05) is 0 Å². The van der Waals surface area contributed by atoms with Crippen LogP contribution >= 0.6 is 0 Å². The molecule has 0 unspecified atom stereocenters. The van der Waals surface area contributed by atoms with Crippen molar-refractivity contribution in [3.05, 3.63) is 24.3 Å². The van der Waals surface area contributed by atoms with E-state index in [9.17, 15) is 0 Å². The van der Waals surface area contributed by atoms with Gasteiger partial charge in [-0.1, -0.05) is 0 Å². The van der Waals surface area contributed by atoms with E-state index < -0.39 is 21.4 Å². The largest absolute Gasteiger partial charge is 1.00 e. The first kappa shape index (κ1) is 19.3. The Labute approximate surface area is 121 Å². The minimum absolute atomic E-state index is 0. The van der Waals surface area contributed by atoms with Gasteiger partial charge < -0.3 is 24.8 Å². The molecule has 0 saturated carbocycles. The third-order valence-electron chi connectivity index (χ3n) is 2.92. The fourth-order valence-electron chi connectivity index (χ4n) is 1.97. The van der Waals surface area contributed by atoms with Gasteiger partial charge in [-0.2, -0.15) is 0 Å². The van der Waals surface area contributed by atoms with Gasteiger partial charge >= 0.3 is 97.3 Å². The van der Waals surface area contributed by atoms with Crippen LogP contribution in [0.1, 0.15) is 39.5 Å². The minimum atomic E-state index is -1.24. The number of halogens is 2. The SMILES string of the molecule is CCC[CH2][Hf+2]([CH2]CCC)[CH]1C=CC=C1.[Cl-].[Cl-]. The predicted molar refractivity (Wildman–Crippen MR) is 61.5 cm³/mol. The van der Waals surface area contributed by atoms with Crippen LogP contribution in [0.4, 0.5) is 0 Å². The van der Waals surface area contributed by atoms with Crippen LogP contribution < -0.4 is 24.8 Å². The van der Waals surface area contributed by atoms with Crippen molar-refractivity contribution in [1.82, 2.24) is 0 Å². The Bertz CT molecular complexity index is 182. The van der Waals surface area contributed by atoms with Crippen molar-refractivity contribution >= 4 is 0 Å². The predicted octanol–water partition coefficient (Wildman–Crippen LogP) is -1.04. The van der Waals surface area contributed by atoms with Gasteiger partial charge in [-0.3, -0.25) is 0 Å². The summed E-state index contributed by atoms with van der Waals surface area (Å²) in [4.78, 5) is 0. The number of hydrogen-bond donors (Lipinski definition) is 0. The minimum Gasteiger partial charge on any atom is -1.00 e. The zero-order valence-corrected chi connectivity index (χ0v) is 15.5. The zero-order valence-electron chi connectivity index (χ0n) is 10.4. The molecule has 1 aliphatic rings. The molecular weight excluding hydrogens is 406 g/mol. The van der Waals surface area contributed by atoms with Gasteiger partial charge in [0.25, 0.3) is 0 Å². The van der Waals surface area contributed by atoms with E-state index >= 15 is 0 Å². The fraction of sp³-hybridized carbons (Fsp3) is 0.692. The molecule has 0 aliphatic heterocycles. The quantitative estimate of drug-likeness (QED) is 0.455. The molecule has 0 radical (unpaired) electrons. The van der Waals surface area contributed by atoms with Crippen LogP contribution in [0.15, 0.2) is 24.3 Å². The molecule has 0 aromatic carbocycles. The number of rotatable bonds is 7. The molecule has 3 heteroatoms. The van der Waals surface area contributed by atoms with E-state index in [1.54, 1.807) is 8.35 Å². The summed E-state index contributed by atoms with van der Waals surface area (Å²) >= 11 is -1.24. The molecule has 0 atom stereocenters. The van der Waals surface area contributed by atoms with Crippen molar-refractivity contribution < 1.29 is 46.3 Å². The van der Waals surface area contributed by atoms with E-state index in [0.717, 1.165) is 3.67 Å². The molecule has 0 saturated heterocycles. The summed E-state index contributed by atoms with van der Waals surface area (Å²) in [7, 11) is 0. The number of allylic oxidation sites excluding steroid dienone is 4. The summed E-state index contributed by atoms with van der Waals surface area (Å²) in [5.74, 6) is 0. The average molecular weight is 429 g/mol. The van der Waals surface area contributed by atoms with Gasteiger partial charge in [-0.25, -0.2) is 0 Å². The van der Waals surface area contributed by atoms with Gasteiger partial charge in [-0.15, -0.1) is 0 Å². The van der Waals surface area contributed by atoms with Crippen LogP contribution in [0.25, 0.3) is 0 Å². The average Bonchev–Trinajstić information content (AvgIpc) is 2.71. The monoisotopic (exact) mass is 429 g/mol. The summed E-state index contributed by atoms with van der Waals surface area (Å²) in [5.41, 5.74) is 0. The molecule has 1 aliphatic carbocycles. The summed E-state index contributed by atoms with van der Waals surface area (Å²) < 4.78 is 4.21. The van der Waals surface area contributed by atoms with Gasteiger partial charge in [0.1, 0.15) is 0 Å². The topological polar surface area (TPSA) is 0 Å². The summed E-state index contributed by atoms with van der Waals surface area (Å²) in [5, 5.41) is 0. The maximum absolute atomic E-state index is 2.47. The molecule has 16 heavy (non-hydrogen) atoms. The molecule has 1 rings (SSSR count). The molecule has 0 aromatic heterocycles. The first-order valence-electron chi connectivity index (χ1n) is 6.08. The molecule has 0 spiro atoms. The van der Waals surface area contributed by atoms with Crippen LogP contribution in [0.2, 0.25) is 12.0 Å². The Balaban J connectivity index is 0. The number of hydrogen-bond acceptors (Lipinski definition) is 0. The van der Waals surface area contributed by atoms with Gasteiger partial charge in [0.15, 0.2) is 0 Å². The summed E-state index contributed by atoms with van der Waals surface area (Å²) in [6.07, 6.45) is 15.2. The Hall–Kier alpha value is 0.930. The van der Waals surface area contributed by atoms with Crippen molar-refractivity contribution in [3.63, 3.8) is 0 Å². The summed E-state index contributed by atoms with van der Waals surface area (Å²) in [6, 6.07) is 0. The molecule has 0 amide bonds. The summed E-state index contributed by atoms with van der Waals surface area (Å²) in [6.45, 7) is 4.65. The van der Waals surface area contributed by atoms with Crippen LogP contribution in [0, 0.1) is 0 Å². The Morgan fingerprint density at radius 3 is 1.69 bits per heavy atom. The van der Waals surface area contributed by atoms with Crippen LogP contribution in [-0.2, 0) is 21.4 Å². The maximum atomic E-state index is 2.47. The molecule has 93 valence electrons. The molecule has 0 N–H and O–H groups in total. The van der Waals surface area contributed by atoms with Crippen molar-refractivity contribution in [2.45, 2.75) is 51.6 Å².